The third-order valence-corrected chi connectivity index (χ3v) is 3.49. The summed E-state index contributed by atoms with van der Waals surface area (Å²) in [6, 6.07) is 8.92. The predicted molar refractivity (Wildman–Crippen MR) is 88.8 cm³/mol. The molecular weight excluding hydrogens is 341 g/mol. The van der Waals surface area contributed by atoms with Gasteiger partial charge in [0, 0.05) is 24.5 Å². The van der Waals surface area contributed by atoms with Gasteiger partial charge in [-0.15, -0.1) is 0 Å². The number of hydrogen-bond acceptors (Lipinski definition) is 6. The Balaban J connectivity index is 1.50. The summed E-state index contributed by atoms with van der Waals surface area (Å²) < 4.78 is 23.4. The molecule has 3 rings (SSSR count). The van der Waals surface area contributed by atoms with E-state index in [0.29, 0.717) is 11.3 Å². The van der Waals surface area contributed by atoms with Crippen LogP contribution in [0.15, 0.2) is 59.5 Å². The van der Waals surface area contributed by atoms with E-state index in [1.807, 2.05) is 0 Å². The van der Waals surface area contributed by atoms with Gasteiger partial charge in [0.2, 0.25) is 5.89 Å². The predicted octanol–water partition coefficient (Wildman–Crippen LogP) is 2.25. The van der Waals surface area contributed by atoms with Crippen LogP contribution in [0.3, 0.4) is 0 Å². The van der Waals surface area contributed by atoms with Crippen LogP contribution < -0.4 is 10.1 Å². The topological polar surface area (TPSA) is 97.5 Å². The molecule has 1 atom stereocenters. The van der Waals surface area contributed by atoms with Crippen molar-refractivity contribution >= 4 is 5.91 Å². The number of amides is 1. The lowest BCUT2D eigenvalue weighted by Gasteiger charge is -2.10. The number of ether oxygens (including phenoxy) is 1. The highest BCUT2D eigenvalue weighted by molar-refractivity contribution is 5.91. The summed E-state index contributed by atoms with van der Waals surface area (Å²) in [6.45, 7) is 0.00994. The number of aromatic nitrogens is 2. The Kier molecular flexibility index (Phi) is 5.55. The van der Waals surface area contributed by atoms with E-state index in [4.69, 9.17) is 9.15 Å². The smallest absolute Gasteiger partial charge is 0.273 e. The number of nitrogens with zero attached hydrogens (tertiary/aromatic N) is 2. The zero-order valence-electron chi connectivity index (χ0n) is 13.6. The third-order valence-electron chi connectivity index (χ3n) is 3.49. The van der Waals surface area contributed by atoms with E-state index in [1.54, 1.807) is 18.3 Å². The molecule has 1 unspecified atom stereocenters. The van der Waals surface area contributed by atoms with Crippen molar-refractivity contribution in [2.75, 3.05) is 6.54 Å². The average Bonchev–Trinajstić information content (AvgIpc) is 3.15. The first-order chi connectivity index (χ1) is 12.6. The lowest BCUT2D eigenvalue weighted by Crippen LogP contribution is -2.28. The van der Waals surface area contributed by atoms with E-state index in [1.165, 1.54) is 36.7 Å². The van der Waals surface area contributed by atoms with Crippen LogP contribution in [0.5, 0.6) is 5.75 Å². The molecule has 3 aromatic rings. The largest absolute Gasteiger partial charge is 0.484 e. The van der Waals surface area contributed by atoms with Gasteiger partial charge in [0.05, 0.1) is 6.10 Å². The molecule has 0 spiro atoms. The van der Waals surface area contributed by atoms with Crippen molar-refractivity contribution in [2.24, 2.45) is 0 Å². The van der Waals surface area contributed by atoms with E-state index in [0.717, 1.165) is 0 Å². The second-order valence-electron chi connectivity index (χ2n) is 5.38. The Bertz CT molecular complexity index is 852. The highest BCUT2D eigenvalue weighted by Crippen LogP contribution is 2.14. The summed E-state index contributed by atoms with van der Waals surface area (Å²) in [5.74, 6) is -0.187. The number of benzene rings is 1. The SMILES string of the molecule is O=C(NCC(O)c1cccnc1)c1coc(COc2ccc(F)cc2)n1. The van der Waals surface area contributed by atoms with Crippen LogP contribution >= 0.6 is 0 Å². The highest BCUT2D eigenvalue weighted by Gasteiger charge is 2.15. The van der Waals surface area contributed by atoms with Crippen LogP contribution in [-0.4, -0.2) is 27.5 Å². The van der Waals surface area contributed by atoms with E-state index in [2.05, 4.69) is 15.3 Å². The number of aliphatic hydroxyl groups excluding tert-OH is 1. The second-order valence-corrected chi connectivity index (χ2v) is 5.38. The van der Waals surface area contributed by atoms with Gasteiger partial charge in [-0.3, -0.25) is 9.78 Å². The number of oxazole rings is 1. The maximum atomic E-state index is 12.8. The van der Waals surface area contributed by atoms with Crippen LogP contribution in [0.1, 0.15) is 28.0 Å². The van der Waals surface area contributed by atoms with Crippen molar-refractivity contribution in [1.82, 2.24) is 15.3 Å². The monoisotopic (exact) mass is 357 g/mol. The minimum absolute atomic E-state index is 0.00276. The first kappa shape index (κ1) is 17.6. The summed E-state index contributed by atoms with van der Waals surface area (Å²) >= 11 is 0. The van der Waals surface area contributed by atoms with Gasteiger partial charge >= 0.3 is 0 Å². The normalized spacial score (nSPS) is 11.8. The molecule has 26 heavy (non-hydrogen) atoms. The maximum Gasteiger partial charge on any atom is 0.273 e. The van der Waals surface area contributed by atoms with Crippen LogP contribution in [0.25, 0.3) is 0 Å². The van der Waals surface area contributed by atoms with Crippen LogP contribution in [0.2, 0.25) is 0 Å². The van der Waals surface area contributed by atoms with Gasteiger partial charge in [-0.2, -0.15) is 0 Å². The van der Waals surface area contributed by atoms with E-state index < -0.39 is 12.0 Å². The van der Waals surface area contributed by atoms with Crippen molar-refractivity contribution in [3.63, 3.8) is 0 Å². The van der Waals surface area contributed by atoms with Crippen molar-refractivity contribution < 1.29 is 23.4 Å². The molecule has 0 radical (unpaired) electrons. The minimum Gasteiger partial charge on any atom is -0.484 e. The Morgan fingerprint density at radius 2 is 2.12 bits per heavy atom. The fourth-order valence-corrected chi connectivity index (χ4v) is 2.13. The maximum absolute atomic E-state index is 12.8. The first-order valence-corrected chi connectivity index (χ1v) is 7.81. The average molecular weight is 357 g/mol. The highest BCUT2D eigenvalue weighted by atomic mass is 19.1. The van der Waals surface area contributed by atoms with Crippen molar-refractivity contribution in [3.8, 4) is 5.75 Å². The number of nitrogens with one attached hydrogen (secondary N) is 1. The van der Waals surface area contributed by atoms with Crippen molar-refractivity contribution in [2.45, 2.75) is 12.7 Å². The fraction of sp³-hybridized carbons (Fsp3) is 0.167. The van der Waals surface area contributed by atoms with Gasteiger partial charge in [0.25, 0.3) is 5.91 Å². The Hall–Kier alpha value is -3.26. The molecule has 1 aromatic carbocycles. The molecule has 8 heteroatoms. The Morgan fingerprint density at radius 3 is 2.85 bits per heavy atom. The summed E-state index contributed by atoms with van der Waals surface area (Å²) in [7, 11) is 0. The molecule has 2 heterocycles. The number of halogens is 1. The molecule has 134 valence electrons. The van der Waals surface area contributed by atoms with Gasteiger partial charge < -0.3 is 19.6 Å². The van der Waals surface area contributed by atoms with Gasteiger partial charge in [-0.1, -0.05) is 6.07 Å². The number of carbonyl (C=O) groups is 1. The Morgan fingerprint density at radius 1 is 1.31 bits per heavy atom. The van der Waals surface area contributed by atoms with E-state index in [-0.39, 0.29) is 30.6 Å². The zero-order chi connectivity index (χ0) is 18.4. The third kappa shape index (κ3) is 4.64. The van der Waals surface area contributed by atoms with Gasteiger partial charge in [0.15, 0.2) is 12.3 Å². The molecular formula is C18H16FN3O4. The van der Waals surface area contributed by atoms with E-state index >= 15 is 0 Å². The molecule has 0 aliphatic rings. The lowest BCUT2D eigenvalue weighted by atomic mass is 10.1. The van der Waals surface area contributed by atoms with Gasteiger partial charge in [0.1, 0.15) is 17.8 Å². The van der Waals surface area contributed by atoms with Gasteiger partial charge in [-0.05, 0) is 30.3 Å². The molecule has 0 aliphatic heterocycles. The molecule has 2 N–H and O–H groups in total. The molecule has 2 aromatic heterocycles. The van der Waals surface area contributed by atoms with Crippen molar-refractivity contribution in [1.29, 1.82) is 0 Å². The van der Waals surface area contributed by atoms with E-state index in [9.17, 15) is 14.3 Å². The number of pyridine rings is 1. The molecule has 0 bridgehead atoms. The standard InChI is InChI=1S/C18H16FN3O4/c19-13-3-5-14(6-4-13)25-11-17-22-15(10-26-17)18(24)21-9-16(23)12-2-1-7-20-8-12/h1-8,10,16,23H,9,11H2,(H,21,24). The minimum atomic E-state index is -0.874. The summed E-state index contributed by atoms with van der Waals surface area (Å²) in [5, 5.41) is 12.6. The molecule has 1 amide bonds. The molecule has 7 nitrogen and oxygen atoms in total. The number of aliphatic hydroxyl groups is 1. The lowest BCUT2D eigenvalue weighted by molar-refractivity contribution is 0.0911. The van der Waals surface area contributed by atoms with Crippen LogP contribution in [-0.2, 0) is 6.61 Å². The summed E-state index contributed by atoms with van der Waals surface area (Å²) in [6.07, 6.45) is 3.45. The van der Waals surface area contributed by atoms with Gasteiger partial charge in [-0.25, -0.2) is 9.37 Å². The number of rotatable bonds is 7. The molecule has 0 aliphatic carbocycles. The summed E-state index contributed by atoms with van der Waals surface area (Å²) in [5.41, 5.74) is 0.669. The van der Waals surface area contributed by atoms with Crippen LogP contribution in [0.4, 0.5) is 4.39 Å². The fourth-order valence-electron chi connectivity index (χ4n) is 2.13. The zero-order valence-corrected chi connectivity index (χ0v) is 13.6. The Labute approximate surface area is 148 Å². The molecule has 0 saturated carbocycles. The molecule has 0 fully saturated rings. The summed E-state index contributed by atoms with van der Waals surface area (Å²) in [4.78, 5) is 20.0. The first-order valence-electron chi connectivity index (χ1n) is 7.81. The van der Waals surface area contributed by atoms with Crippen LogP contribution in [0, 0.1) is 5.82 Å². The second kappa shape index (κ2) is 8.21. The quantitative estimate of drug-likeness (QED) is 0.673. The van der Waals surface area contributed by atoms with Crippen molar-refractivity contribution in [3.05, 3.63) is 78.0 Å². The number of hydrogen-bond donors (Lipinski definition) is 2. The number of carbonyl (C=O) groups excluding carboxylic acids is 1. The molecule has 0 saturated heterocycles.